The van der Waals surface area contributed by atoms with Gasteiger partial charge in [-0.25, -0.2) is 4.79 Å². The Bertz CT molecular complexity index is 604. The van der Waals surface area contributed by atoms with Crippen LogP contribution in [0.2, 0.25) is 0 Å². The molecular weight excluding hydrogens is 324 g/mol. The van der Waals surface area contributed by atoms with Crippen LogP contribution in [0.3, 0.4) is 0 Å². The zero-order valence-electron chi connectivity index (χ0n) is 12.7. The molecule has 2 amide bonds. The number of carbonyl (C=O) groups is 3. The second kappa shape index (κ2) is 5.72. The van der Waals surface area contributed by atoms with Gasteiger partial charge in [-0.1, -0.05) is 6.92 Å². The Hall–Kier alpha value is -1.74. The fraction of sp³-hybridized carbons (Fsp3) is 0.643. The third-order valence-electron chi connectivity index (χ3n) is 4.48. The number of amides is 2. The number of hydrogen-bond donors (Lipinski definition) is 3. The van der Waals surface area contributed by atoms with Gasteiger partial charge in [0.25, 0.3) is 0 Å². The molecule has 0 radical (unpaired) electrons. The summed E-state index contributed by atoms with van der Waals surface area (Å²) in [7, 11) is 0. The quantitative estimate of drug-likeness (QED) is 0.498. The van der Waals surface area contributed by atoms with Crippen LogP contribution >= 0.6 is 11.8 Å². The maximum absolute atomic E-state index is 12.2. The van der Waals surface area contributed by atoms with Crippen LogP contribution in [-0.2, 0) is 14.3 Å². The van der Waals surface area contributed by atoms with E-state index in [2.05, 4.69) is 5.32 Å². The third-order valence-corrected chi connectivity index (χ3v) is 5.95. The smallest absolute Gasteiger partial charge is 0.449 e. The Morgan fingerprint density at radius 2 is 2.17 bits per heavy atom. The van der Waals surface area contributed by atoms with Gasteiger partial charge in [0, 0.05) is 24.1 Å². The molecular formula is C14H18N2O6S. The number of ether oxygens (including phenoxy) is 1. The molecule has 3 aliphatic heterocycles. The molecule has 0 aromatic heterocycles. The second-order valence-electron chi connectivity index (χ2n) is 6.04. The van der Waals surface area contributed by atoms with Gasteiger partial charge in [0.05, 0.1) is 23.0 Å². The summed E-state index contributed by atoms with van der Waals surface area (Å²) >= 11 is 1.37. The van der Waals surface area contributed by atoms with Gasteiger partial charge in [0.15, 0.2) is 0 Å². The third kappa shape index (κ3) is 2.57. The van der Waals surface area contributed by atoms with Gasteiger partial charge in [-0.3, -0.25) is 14.5 Å². The summed E-state index contributed by atoms with van der Waals surface area (Å²) in [4.78, 5) is 36.5. The summed E-state index contributed by atoms with van der Waals surface area (Å²) in [5.41, 5.74) is 0. The molecule has 0 unspecified atom stereocenters. The number of β-lactam (4-membered cyclic amide) rings is 1. The molecule has 8 nitrogen and oxygen atoms in total. The van der Waals surface area contributed by atoms with E-state index in [9.17, 15) is 19.5 Å². The molecule has 23 heavy (non-hydrogen) atoms. The molecule has 3 heterocycles. The normalized spacial score (nSPS) is 34.1. The number of aliphatic hydroxyl groups excluding tert-OH is 1. The summed E-state index contributed by atoms with van der Waals surface area (Å²) < 4.78 is 4.86. The lowest BCUT2D eigenvalue weighted by atomic mass is 9.79. The van der Waals surface area contributed by atoms with Crippen molar-refractivity contribution in [3.05, 3.63) is 10.8 Å². The SMILES string of the molecule is C[C@@H](O)[C@H]1C(=O)N2C(OC(=O)O)=C(S[C@H]3CNC(=O)C3)[C@H](C)[C@H]12. The standard InChI is InChI=1S/C14H18N2O6S/c1-5-10-9(6(2)17)12(19)16(10)13(22-14(20)21)11(5)23-7-3-8(18)15-4-7/h5-7,9-10,17H,3-4H2,1-2H3,(H,15,18)(H,20,21)/t5-,6-,7-,9-,10-/m1/s1. The molecule has 3 N–H and O–H groups in total. The Morgan fingerprint density at radius 3 is 2.70 bits per heavy atom. The van der Waals surface area contributed by atoms with Crippen LogP contribution < -0.4 is 5.32 Å². The highest BCUT2D eigenvalue weighted by Crippen LogP contribution is 2.51. The fourth-order valence-electron chi connectivity index (χ4n) is 3.44. The molecule has 0 saturated carbocycles. The molecule has 0 aromatic rings. The van der Waals surface area contributed by atoms with Crippen LogP contribution in [0.5, 0.6) is 0 Å². The fourth-order valence-corrected chi connectivity index (χ4v) is 4.80. The zero-order chi connectivity index (χ0) is 16.9. The van der Waals surface area contributed by atoms with E-state index < -0.39 is 18.2 Å². The van der Waals surface area contributed by atoms with E-state index in [0.717, 1.165) is 0 Å². The number of carbonyl (C=O) groups excluding carboxylic acids is 2. The van der Waals surface area contributed by atoms with Gasteiger partial charge < -0.3 is 20.3 Å². The van der Waals surface area contributed by atoms with Crippen LogP contribution in [0.25, 0.3) is 0 Å². The lowest BCUT2D eigenvalue weighted by Gasteiger charge is -2.45. The Labute approximate surface area is 136 Å². The van der Waals surface area contributed by atoms with Gasteiger partial charge >= 0.3 is 6.16 Å². The number of thioether (sulfide) groups is 1. The summed E-state index contributed by atoms with van der Waals surface area (Å²) in [5.74, 6) is -1.05. The minimum Gasteiger partial charge on any atom is -0.449 e. The molecule has 0 aromatic carbocycles. The highest BCUT2D eigenvalue weighted by Gasteiger charge is 2.60. The van der Waals surface area contributed by atoms with Crippen LogP contribution in [0, 0.1) is 11.8 Å². The second-order valence-corrected chi connectivity index (χ2v) is 7.38. The Kier molecular flexibility index (Phi) is 4.01. The largest absolute Gasteiger partial charge is 0.512 e. The van der Waals surface area contributed by atoms with Gasteiger partial charge in [-0.15, -0.1) is 11.8 Å². The van der Waals surface area contributed by atoms with Gasteiger partial charge in [0.2, 0.25) is 17.7 Å². The van der Waals surface area contributed by atoms with Gasteiger partial charge in [0.1, 0.15) is 0 Å². The van der Waals surface area contributed by atoms with E-state index in [1.807, 2.05) is 6.92 Å². The van der Waals surface area contributed by atoms with E-state index in [-0.39, 0.29) is 34.9 Å². The first-order chi connectivity index (χ1) is 10.8. The molecule has 2 fully saturated rings. The molecule has 5 atom stereocenters. The van der Waals surface area contributed by atoms with Crippen LogP contribution in [-0.4, -0.2) is 57.0 Å². The average molecular weight is 342 g/mol. The van der Waals surface area contributed by atoms with Crippen LogP contribution in [0.1, 0.15) is 20.3 Å². The average Bonchev–Trinajstić information content (AvgIpc) is 2.92. The molecule has 0 aliphatic carbocycles. The minimum atomic E-state index is -1.49. The van der Waals surface area contributed by atoms with Crippen LogP contribution in [0.15, 0.2) is 10.8 Å². The molecule has 126 valence electrons. The number of nitrogens with zero attached hydrogens (tertiary/aromatic N) is 1. The van der Waals surface area contributed by atoms with E-state index in [4.69, 9.17) is 9.84 Å². The molecule has 0 bridgehead atoms. The van der Waals surface area contributed by atoms with Crippen molar-refractivity contribution in [1.29, 1.82) is 0 Å². The maximum atomic E-state index is 12.2. The molecule has 0 spiro atoms. The van der Waals surface area contributed by atoms with Crippen molar-refractivity contribution in [2.45, 2.75) is 37.7 Å². The number of aliphatic hydroxyl groups is 1. The lowest BCUT2D eigenvalue weighted by Crippen LogP contribution is -2.63. The van der Waals surface area contributed by atoms with Crippen molar-refractivity contribution in [2.75, 3.05) is 6.54 Å². The number of fused-ring (bicyclic) bond motifs is 1. The minimum absolute atomic E-state index is 0.0221. The number of nitrogens with one attached hydrogen (secondary N) is 1. The Balaban J connectivity index is 1.87. The van der Waals surface area contributed by atoms with Crippen molar-refractivity contribution >= 4 is 29.7 Å². The summed E-state index contributed by atoms with van der Waals surface area (Å²) in [6, 6.07) is -0.301. The number of carboxylic acid groups (broad SMARTS) is 1. The number of rotatable bonds is 4. The maximum Gasteiger partial charge on any atom is 0.512 e. The molecule has 3 rings (SSSR count). The first kappa shape index (κ1) is 16.1. The first-order valence-corrected chi connectivity index (χ1v) is 8.28. The van der Waals surface area contributed by atoms with Crippen molar-refractivity contribution in [3.63, 3.8) is 0 Å². The van der Waals surface area contributed by atoms with Gasteiger partial charge in [-0.2, -0.15) is 0 Å². The molecule has 3 aliphatic rings. The first-order valence-electron chi connectivity index (χ1n) is 7.40. The van der Waals surface area contributed by atoms with Crippen molar-refractivity contribution in [2.24, 2.45) is 11.8 Å². The monoisotopic (exact) mass is 342 g/mol. The highest BCUT2D eigenvalue weighted by molar-refractivity contribution is 8.03. The predicted molar refractivity (Wildman–Crippen MR) is 80.1 cm³/mol. The lowest BCUT2D eigenvalue weighted by molar-refractivity contribution is -0.163. The van der Waals surface area contributed by atoms with E-state index in [1.54, 1.807) is 6.92 Å². The molecule has 9 heteroatoms. The summed E-state index contributed by atoms with van der Waals surface area (Å²) in [6.07, 6.45) is -1.95. The van der Waals surface area contributed by atoms with E-state index >= 15 is 0 Å². The van der Waals surface area contributed by atoms with Crippen LogP contribution in [0.4, 0.5) is 4.79 Å². The topological polar surface area (TPSA) is 116 Å². The summed E-state index contributed by atoms with van der Waals surface area (Å²) in [5, 5.41) is 21.5. The predicted octanol–water partition coefficient (Wildman–Crippen LogP) is 0.329. The van der Waals surface area contributed by atoms with Crippen molar-refractivity contribution in [1.82, 2.24) is 10.2 Å². The van der Waals surface area contributed by atoms with E-state index in [1.165, 1.54) is 16.7 Å². The molecule has 2 saturated heterocycles. The zero-order valence-corrected chi connectivity index (χ0v) is 13.5. The number of hydrogen-bond acceptors (Lipinski definition) is 6. The Morgan fingerprint density at radius 1 is 1.48 bits per heavy atom. The van der Waals surface area contributed by atoms with E-state index in [0.29, 0.717) is 17.9 Å². The van der Waals surface area contributed by atoms with Gasteiger partial charge in [-0.05, 0) is 6.92 Å². The van der Waals surface area contributed by atoms with Crippen molar-refractivity contribution in [3.8, 4) is 0 Å². The summed E-state index contributed by atoms with van der Waals surface area (Å²) in [6.45, 7) is 3.93. The highest BCUT2D eigenvalue weighted by atomic mass is 32.2. The van der Waals surface area contributed by atoms with Crippen molar-refractivity contribution < 1.29 is 29.3 Å².